The molecular weight excluding hydrogens is 427 g/mol. The molecule has 2 rings (SSSR count). The normalized spacial score (nSPS) is 16.2. The van der Waals surface area contributed by atoms with Crippen LogP contribution in [-0.4, -0.2) is 51.2 Å². The van der Waals surface area contributed by atoms with Crippen molar-refractivity contribution in [2.24, 2.45) is 10.9 Å². The number of halogens is 1. The minimum absolute atomic E-state index is 0. The predicted octanol–water partition coefficient (Wildman–Crippen LogP) is 3.02. The van der Waals surface area contributed by atoms with Crippen molar-refractivity contribution >= 4 is 29.9 Å². The third-order valence-corrected chi connectivity index (χ3v) is 4.59. The Hall–Kier alpha value is -1.02. The van der Waals surface area contributed by atoms with E-state index in [9.17, 15) is 0 Å². The standard InChI is InChI=1S/C19H32N4O.HI/c1-5-20-19(21-13-16-8-10-23(3)11-9-16)22-14-17-7-6-15(2)12-18(17)24-4;/h6-7,12,16H,5,8-11,13-14H2,1-4H3,(H2,20,21,22);1H. The van der Waals surface area contributed by atoms with Crippen LogP contribution in [0, 0.1) is 12.8 Å². The van der Waals surface area contributed by atoms with E-state index in [2.05, 4.69) is 54.6 Å². The summed E-state index contributed by atoms with van der Waals surface area (Å²) in [6.07, 6.45) is 2.52. The molecule has 0 aliphatic carbocycles. The van der Waals surface area contributed by atoms with Gasteiger partial charge in [-0.1, -0.05) is 12.1 Å². The number of methoxy groups -OCH3 is 1. The Bertz CT molecular complexity index is 542. The lowest BCUT2D eigenvalue weighted by atomic mass is 9.97. The lowest BCUT2D eigenvalue weighted by Crippen LogP contribution is -2.42. The van der Waals surface area contributed by atoms with Gasteiger partial charge in [0.25, 0.3) is 0 Å². The van der Waals surface area contributed by atoms with Crippen LogP contribution >= 0.6 is 24.0 Å². The number of hydrogen-bond donors (Lipinski definition) is 2. The number of benzene rings is 1. The van der Waals surface area contributed by atoms with Gasteiger partial charge in [-0.15, -0.1) is 24.0 Å². The van der Waals surface area contributed by atoms with Crippen LogP contribution in [-0.2, 0) is 6.54 Å². The smallest absolute Gasteiger partial charge is 0.191 e. The summed E-state index contributed by atoms with van der Waals surface area (Å²) >= 11 is 0. The van der Waals surface area contributed by atoms with E-state index in [1.54, 1.807) is 7.11 Å². The second-order valence-electron chi connectivity index (χ2n) is 6.64. The second kappa shape index (κ2) is 11.6. The number of likely N-dealkylation sites (tertiary alicyclic amines) is 1. The molecule has 1 fully saturated rings. The van der Waals surface area contributed by atoms with Crippen molar-refractivity contribution in [1.82, 2.24) is 15.5 Å². The summed E-state index contributed by atoms with van der Waals surface area (Å²) in [7, 11) is 3.91. The van der Waals surface area contributed by atoms with E-state index >= 15 is 0 Å². The fourth-order valence-electron chi connectivity index (χ4n) is 3.00. The van der Waals surface area contributed by atoms with Gasteiger partial charge in [0.1, 0.15) is 5.75 Å². The lowest BCUT2D eigenvalue weighted by molar-refractivity contribution is 0.220. The molecule has 1 aromatic rings. The van der Waals surface area contributed by atoms with Crippen molar-refractivity contribution in [1.29, 1.82) is 0 Å². The molecule has 6 heteroatoms. The van der Waals surface area contributed by atoms with Gasteiger partial charge in [0.15, 0.2) is 5.96 Å². The van der Waals surface area contributed by atoms with E-state index < -0.39 is 0 Å². The second-order valence-corrected chi connectivity index (χ2v) is 6.64. The average Bonchev–Trinajstić information content (AvgIpc) is 2.59. The van der Waals surface area contributed by atoms with Crippen LogP contribution in [0.5, 0.6) is 5.75 Å². The van der Waals surface area contributed by atoms with Gasteiger partial charge in [0.2, 0.25) is 0 Å². The van der Waals surface area contributed by atoms with Gasteiger partial charge in [-0.05, 0) is 64.4 Å². The molecule has 1 saturated heterocycles. The Morgan fingerprint density at radius 2 is 2.00 bits per heavy atom. The summed E-state index contributed by atoms with van der Waals surface area (Å²) < 4.78 is 5.47. The number of piperidine rings is 1. The minimum Gasteiger partial charge on any atom is -0.496 e. The molecule has 1 aliphatic heterocycles. The topological polar surface area (TPSA) is 48.9 Å². The molecule has 5 nitrogen and oxygen atoms in total. The fourth-order valence-corrected chi connectivity index (χ4v) is 3.00. The Balaban J connectivity index is 0.00000312. The highest BCUT2D eigenvalue weighted by Crippen LogP contribution is 2.20. The molecule has 0 radical (unpaired) electrons. The predicted molar refractivity (Wildman–Crippen MR) is 116 cm³/mol. The lowest BCUT2D eigenvalue weighted by Gasteiger charge is -2.29. The highest BCUT2D eigenvalue weighted by atomic mass is 127. The van der Waals surface area contributed by atoms with Crippen LogP contribution in [0.3, 0.4) is 0 Å². The van der Waals surface area contributed by atoms with Crippen LogP contribution < -0.4 is 15.4 Å². The van der Waals surface area contributed by atoms with E-state index in [1.165, 1.54) is 31.5 Å². The zero-order valence-corrected chi connectivity index (χ0v) is 18.3. The van der Waals surface area contributed by atoms with Crippen molar-refractivity contribution in [3.05, 3.63) is 29.3 Å². The number of hydrogen-bond acceptors (Lipinski definition) is 3. The van der Waals surface area contributed by atoms with E-state index in [1.807, 2.05) is 0 Å². The van der Waals surface area contributed by atoms with Crippen LogP contribution in [0.4, 0.5) is 0 Å². The maximum Gasteiger partial charge on any atom is 0.191 e. The van der Waals surface area contributed by atoms with E-state index in [0.717, 1.165) is 36.3 Å². The minimum atomic E-state index is 0. The summed E-state index contributed by atoms with van der Waals surface area (Å²) in [6, 6.07) is 6.26. The molecule has 142 valence electrons. The molecule has 0 spiro atoms. The first kappa shape index (κ1) is 22.0. The zero-order valence-electron chi connectivity index (χ0n) is 16.0. The summed E-state index contributed by atoms with van der Waals surface area (Å²) in [5.41, 5.74) is 2.31. The van der Waals surface area contributed by atoms with E-state index in [4.69, 9.17) is 9.73 Å². The molecule has 0 unspecified atom stereocenters. The third kappa shape index (κ3) is 7.40. The molecule has 1 heterocycles. The molecule has 2 N–H and O–H groups in total. The Morgan fingerprint density at radius 3 is 2.64 bits per heavy atom. The number of aryl methyl sites for hydroxylation is 1. The van der Waals surface area contributed by atoms with Crippen LogP contribution in [0.2, 0.25) is 0 Å². The highest BCUT2D eigenvalue weighted by Gasteiger charge is 2.16. The molecule has 25 heavy (non-hydrogen) atoms. The maximum atomic E-state index is 5.47. The van der Waals surface area contributed by atoms with Gasteiger partial charge < -0.3 is 20.3 Å². The molecule has 1 aliphatic rings. The van der Waals surface area contributed by atoms with Crippen LogP contribution in [0.1, 0.15) is 30.9 Å². The Kier molecular flexibility index (Phi) is 10.2. The molecule has 0 amide bonds. The van der Waals surface area contributed by atoms with Crippen LogP contribution in [0.25, 0.3) is 0 Å². The Morgan fingerprint density at radius 1 is 1.28 bits per heavy atom. The summed E-state index contributed by atoms with van der Waals surface area (Å²) in [6.45, 7) is 9.03. The SMILES string of the molecule is CCNC(=NCc1ccc(C)cc1OC)NCC1CCN(C)CC1.I. The summed E-state index contributed by atoms with van der Waals surface area (Å²) in [5, 5.41) is 6.84. The van der Waals surface area contributed by atoms with Gasteiger partial charge in [-0.25, -0.2) is 4.99 Å². The molecule has 0 aromatic heterocycles. The van der Waals surface area contributed by atoms with Crippen molar-refractivity contribution in [3.8, 4) is 5.75 Å². The molecule has 0 atom stereocenters. The third-order valence-electron chi connectivity index (χ3n) is 4.59. The first-order valence-electron chi connectivity index (χ1n) is 8.96. The number of guanidine groups is 1. The Labute approximate surface area is 169 Å². The largest absolute Gasteiger partial charge is 0.496 e. The molecule has 0 saturated carbocycles. The van der Waals surface area contributed by atoms with Gasteiger partial charge >= 0.3 is 0 Å². The van der Waals surface area contributed by atoms with Gasteiger partial charge in [-0.2, -0.15) is 0 Å². The van der Waals surface area contributed by atoms with Crippen molar-refractivity contribution in [2.75, 3.05) is 40.3 Å². The summed E-state index contributed by atoms with van der Waals surface area (Å²) in [4.78, 5) is 7.13. The van der Waals surface area contributed by atoms with Crippen LogP contribution in [0.15, 0.2) is 23.2 Å². The molecule has 0 bridgehead atoms. The van der Waals surface area contributed by atoms with Gasteiger partial charge in [-0.3, -0.25) is 0 Å². The highest BCUT2D eigenvalue weighted by molar-refractivity contribution is 14.0. The van der Waals surface area contributed by atoms with Gasteiger partial charge in [0.05, 0.1) is 13.7 Å². The first-order chi connectivity index (χ1) is 11.6. The quantitative estimate of drug-likeness (QED) is 0.390. The number of nitrogens with zero attached hydrogens (tertiary/aromatic N) is 2. The maximum absolute atomic E-state index is 5.47. The summed E-state index contributed by atoms with van der Waals surface area (Å²) in [5.74, 6) is 2.53. The fraction of sp³-hybridized carbons (Fsp3) is 0.632. The van der Waals surface area contributed by atoms with Crippen molar-refractivity contribution < 1.29 is 4.74 Å². The monoisotopic (exact) mass is 460 g/mol. The van der Waals surface area contributed by atoms with Crippen molar-refractivity contribution in [2.45, 2.75) is 33.2 Å². The van der Waals surface area contributed by atoms with Gasteiger partial charge in [0, 0.05) is 18.7 Å². The van der Waals surface area contributed by atoms with Crippen molar-refractivity contribution in [3.63, 3.8) is 0 Å². The number of rotatable bonds is 6. The molecule has 1 aromatic carbocycles. The zero-order chi connectivity index (χ0) is 17.4. The number of nitrogens with one attached hydrogen (secondary N) is 2. The molecular formula is C19H33IN4O. The number of ether oxygens (including phenoxy) is 1. The van der Waals surface area contributed by atoms with E-state index in [-0.39, 0.29) is 24.0 Å². The average molecular weight is 460 g/mol. The number of aliphatic imine (C=N–C) groups is 1. The first-order valence-corrected chi connectivity index (χ1v) is 8.96. The van der Waals surface area contributed by atoms with E-state index in [0.29, 0.717) is 6.54 Å².